The van der Waals surface area contributed by atoms with Gasteiger partial charge in [-0.3, -0.25) is 4.79 Å². The monoisotopic (exact) mass is 200 g/mol. The van der Waals surface area contributed by atoms with Crippen LogP contribution in [0.1, 0.15) is 30.9 Å². The summed E-state index contributed by atoms with van der Waals surface area (Å²) < 4.78 is 0. The first-order valence-electron chi connectivity index (χ1n) is 4.96. The van der Waals surface area contributed by atoms with Gasteiger partial charge in [0.25, 0.3) is 0 Å². The Bertz CT molecular complexity index is 441. The van der Waals surface area contributed by atoms with Crippen molar-refractivity contribution < 1.29 is 4.79 Å². The number of hydrogen-bond acceptors (Lipinski definition) is 2. The van der Waals surface area contributed by atoms with Gasteiger partial charge in [0.15, 0.2) is 0 Å². The first-order valence-corrected chi connectivity index (χ1v) is 4.96. The molecule has 0 spiro atoms. The lowest BCUT2D eigenvalue weighted by Gasteiger charge is -2.16. The molecule has 0 aromatic heterocycles. The van der Waals surface area contributed by atoms with Gasteiger partial charge in [0.2, 0.25) is 5.91 Å². The van der Waals surface area contributed by atoms with Crippen molar-refractivity contribution in [2.45, 2.75) is 25.3 Å². The van der Waals surface area contributed by atoms with E-state index in [4.69, 9.17) is 5.26 Å². The fraction of sp³-hybridized carbons (Fsp3) is 0.333. The second-order valence-corrected chi connectivity index (χ2v) is 3.96. The Hall–Kier alpha value is -1.82. The molecule has 3 nitrogen and oxygen atoms in total. The zero-order valence-electron chi connectivity index (χ0n) is 8.58. The first-order chi connectivity index (χ1) is 7.16. The van der Waals surface area contributed by atoms with Crippen molar-refractivity contribution in [3.05, 3.63) is 35.4 Å². The topological polar surface area (TPSA) is 52.9 Å². The van der Waals surface area contributed by atoms with Crippen LogP contribution in [0.25, 0.3) is 0 Å². The van der Waals surface area contributed by atoms with E-state index in [1.165, 1.54) is 6.92 Å². The summed E-state index contributed by atoms with van der Waals surface area (Å²) in [6, 6.07) is 9.55. The Balaban J connectivity index is 2.30. The quantitative estimate of drug-likeness (QED) is 0.789. The lowest BCUT2D eigenvalue weighted by molar-refractivity contribution is -0.120. The maximum Gasteiger partial charge on any atom is 0.217 e. The van der Waals surface area contributed by atoms with Gasteiger partial charge in [0, 0.05) is 6.92 Å². The van der Waals surface area contributed by atoms with Crippen molar-refractivity contribution in [1.82, 2.24) is 5.32 Å². The minimum Gasteiger partial charge on any atom is -0.347 e. The van der Waals surface area contributed by atoms with Crippen molar-refractivity contribution in [1.29, 1.82) is 5.26 Å². The summed E-state index contributed by atoms with van der Waals surface area (Å²) in [6.45, 7) is 1.52. The molecule has 15 heavy (non-hydrogen) atoms. The van der Waals surface area contributed by atoms with Gasteiger partial charge in [-0.25, -0.2) is 0 Å². The summed E-state index contributed by atoms with van der Waals surface area (Å²) in [5, 5.41) is 11.7. The minimum atomic E-state index is -0.196. The molecule has 1 N–H and O–H groups in total. The second-order valence-electron chi connectivity index (χ2n) is 3.96. The first kappa shape index (κ1) is 9.72. The second kappa shape index (κ2) is 3.39. The van der Waals surface area contributed by atoms with E-state index in [2.05, 4.69) is 11.4 Å². The molecule has 0 aliphatic heterocycles. The standard InChI is InChI=1S/C12H12N2O/c1-9(15)14-12(5-6-12)11-4-2-3-10(7-11)8-13/h2-4,7H,5-6H2,1H3,(H,14,15). The summed E-state index contributed by atoms with van der Waals surface area (Å²) in [6.07, 6.45) is 1.92. The van der Waals surface area contributed by atoms with E-state index >= 15 is 0 Å². The fourth-order valence-electron chi connectivity index (χ4n) is 1.83. The Morgan fingerprint density at radius 2 is 2.27 bits per heavy atom. The summed E-state index contributed by atoms with van der Waals surface area (Å²) in [4.78, 5) is 11.1. The van der Waals surface area contributed by atoms with E-state index in [-0.39, 0.29) is 11.4 Å². The number of benzene rings is 1. The highest BCUT2D eigenvalue weighted by Gasteiger charge is 2.45. The summed E-state index contributed by atoms with van der Waals surface area (Å²) in [5.41, 5.74) is 1.49. The van der Waals surface area contributed by atoms with E-state index in [1.807, 2.05) is 18.2 Å². The third-order valence-electron chi connectivity index (χ3n) is 2.71. The maximum absolute atomic E-state index is 11.1. The van der Waals surface area contributed by atoms with Crippen molar-refractivity contribution >= 4 is 5.91 Å². The normalized spacial score (nSPS) is 16.5. The van der Waals surface area contributed by atoms with Crippen molar-refractivity contribution in [2.24, 2.45) is 0 Å². The van der Waals surface area contributed by atoms with Crippen LogP contribution in [0.4, 0.5) is 0 Å². The lowest BCUT2D eigenvalue weighted by atomic mass is 10.0. The summed E-state index contributed by atoms with van der Waals surface area (Å²) >= 11 is 0. The van der Waals surface area contributed by atoms with Gasteiger partial charge < -0.3 is 5.32 Å². The van der Waals surface area contributed by atoms with Gasteiger partial charge >= 0.3 is 0 Å². The third kappa shape index (κ3) is 1.84. The Morgan fingerprint density at radius 3 is 2.80 bits per heavy atom. The smallest absolute Gasteiger partial charge is 0.217 e. The molecule has 0 bridgehead atoms. The highest BCUT2D eigenvalue weighted by atomic mass is 16.1. The molecule has 0 saturated heterocycles. The molecular weight excluding hydrogens is 188 g/mol. The van der Waals surface area contributed by atoms with E-state index in [0.29, 0.717) is 5.56 Å². The average molecular weight is 200 g/mol. The molecule has 1 fully saturated rings. The van der Waals surface area contributed by atoms with E-state index in [9.17, 15) is 4.79 Å². The van der Waals surface area contributed by atoms with Crippen LogP contribution < -0.4 is 5.32 Å². The molecule has 1 aliphatic rings. The SMILES string of the molecule is CC(=O)NC1(c2cccc(C#N)c2)CC1. The number of carbonyl (C=O) groups excluding carboxylic acids is 1. The average Bonchev–Trinajstić information content (AvgIpc) is 2.98. The molecule has 1 saturated carbocycles. The Morgan fingerprint density at radius 1 is 1.53 bits per heavy atom. The van der Waals surface area contributed by atoms with Crippen LogP contribution in [0, 0.1) is 11.3 Å². The minimum absolute atomic E-state index is 0.0186. The van der Waals surface area contributed by atoms with Gasteiger partial charge in [-0.15, -0.1) is 0 Å². The van der Waals surface area contributed by atoms with Gasteiger partial charge in [-0.1, -0.05) is 12.1 Å². The highest BCUT2D eigenvalue weighted by Crippen LogP contribution is 2.45. The largest absolute Gasteiger partial charge is 0.347 e. The summed E-state index contributed by atoms with van der Waals surface area (Å²) in [7, 11) is 0. The lowest BCUT2D eigenvalue weighted by Crippen LogP contribution is -2.32. The highest BCUT2D eigenvalue weighted by molar-refractivity contribution is 5.74. The maximum atomic E-state index is 11.1. The van der Waals surface area contributed by atoms with Crippen LogP contribution >= 0.6 is 0 Å². The number of rotatable bonds is 2. The summed E-state index contributed by atoms with van der Waals surface area (Å²) in [5.74, 6) is -0.0186. The van der Waals surface area contributed by atoms with Crippen LogP contribution in [-0.2, 0) is 10.3 Å². The Labute approximate surface area is 88.7 Å². The van der Waals surface area contributed by atoms with Gasteiger partial charge in [0.05, 0.1) is 17.2 Å². The van der Waals surface area contributed by atoms with Crippen molar-refractivity contribution in [3.63, 3.8) is 0 Å². The zero-order valence-corrected chi connectivity index (χ0v) is 8.58. The van der Waals surface area contributed by atoms with E-state index in [0.717, 1.165) is 18.4 Å². The molecule has 1 amide bonds. The van der Waals surface area contributed by atoms with Crippen molar-refractivity contribution in [2.75, 3.05) is 0 Å². The molecule has 3 heteroatoms. The number of amides is 1. The number of nitrogens with one attached hydrogen (secondary N) is 1. The molecule has 1 aliphatic carbocycles. The molecule has 0 heterocycles. The number of nitriles is 1. The van der Waals surface area contributed by atoms with Crippen LogP contribution in [0.3, 0.4) is 0 Å². The molecule has 0 radical (unpaired) electrons. The molecule has 0 unspecified atom stereocenters. The van der Waals surface area contributed by atoms with Gasteiger partial charge in [0.1, 0.15) is 0 Å². The fourth-order valence-corrected chi connectivity index (χ4v) is 1.83. The molecule has 76 valence electrons. The number of hydrogen-bond donors (Lipinski definition) is 1. The third-order valence-corrected chi connectivity index (χ3v) is 2.71. The molecular formula is C12H12N2O. The van der Waals surface area contributed by atoms with Crippen LogP contribution in [0.15, 0.2) is 24.3 Å². The van der Waals surface area contributed by atoms with Crippen LogP contribution in [0.5, 0.6) is 0 Å². The van der Waals surface area contributed by atoms with Crippen LogP contribution in [-0.4, -0.2) is 5.91 Å². The predicted molar refractivity (Wildman–Crippen MR) is 55.9 cm³/mol. The predicted octanol–water partition coefficient (Wildman–Crippen LogP) is 1.68. The van der Waals surface area contributed by atoms with E-state index in [1.54, 1.807) is 6.07 Å². The van der Waals surface area contributed by atoms with Gasteiger partial charge in [-0.05, 0) is 30.5 Å². The van der Waals surface area contributed by atoms with Crippen molar-refractivity contribution in [3.8, 4) is 6.07 Å². The van der Waals surface area contributed by atoms with E-state index < -0.39 is 0 Å². The zero-order chi connectivity index (χ0) is 10.9. The molecule has 2 rings (SSSR count). The van der Waals surface area contributed by atoms with Gasteiger partial charge in [-0.2, -0.15) is 5.26 Å². The molecule has 0 atom stereocenters. The molecule has 1 aromatic rings. The van der Waals surface area contributed by atoms with Crippen LogP contribution in [0.2, 0.25) is 0 Å². The Kier molecular flexibility index (Phi) is 2.20. The molecule has 1 aromatic carbocycles. The number of carbonyl (C=O) groups is 1. The number of nitrogens with zero attached hydrogens (tertiary/aromatic N) is 1.